The van der Waals surface area contributed by atoms with E-state index in [-0.39, 0.29) is 24.2 Å². The van der Waals surface area contributed by atoms with Gasteiger partial charge in [-0.25, -0.2) is 8.42 Å². The van der Waals surface area contributed by atoms with E-state index in [2.05, 4.69) is 5.32 Å². The van der Waals surface area contributed by atoms with Crippen LogP contribution in [0.2, 0.25) is 0 Å². The number of sulfonamides is 1. The standard InChI is InChI=1S/C20H33N3O3S.ClH/c1-13-11-14(2)16(4)18(15(13)3)27(25,26)23-9-7-17(8-10-23)19(24)22-20(5,6)12-21;/h11,17H,7-10,12,21H2,1-6H3,(H,22,24);1H. The van der Waals surface area contributed by atoms with Gasteiger partial charge in [0.2, 0.25) is 15.9 Å². The molecule has 0 saturated carbocycles. The number of nitrogens with zero attached hydrogens (tertiary/aromatic N) is 1. The maximum atomic E-state index is 13.3. The van der Waals surface area contributed by atoms with Crippen molar-refractivity contribution in [1.82, 2.24) is 9.62 Å². The van der Waals surface area contributed by atoms with Crippen LogP contribution in [0.3, 0.4) is 0 Å². The Hall–Kier alpha value is -1.15. The minimum atomic E-state index is -3.58. The molecule has 1 heterocycles. The lowest BCUT2D eigenvalue weighted by molar-refractivity contribution is -0.127. The van der Waals surface area contributed by atoms with Crippen molar-refractivity contribution in [2.45, 2.75) is 64.8 Å². The Kier molecular flexibility index (Phi) is 8.10. The zero-order valence-electron chi connectivity index (χ0n) is 17.8. The van der Waals surface area contributed by atoms with E-state index in [4.69, 9.17) is 5.73 Å². The average Bonchev–Trinajstić information content (AvgIpc) is 2.60. The van der Waals surface area contributed by atoms with Crippen molar-refractivity contribution in [3.63, 3.8) is 0 Å². The molecule has 0 bridgehead atoms. The summed E-state index contributed by atoms with van der Waals surface area (Å²) in [6.45, 7) is 12.5. The number of benzene rings is 1. The van der Waals surface area contributed by atoms with E-state index < -0.39 is 15.6 Å². The molecule has 1 aliphatic heterocycles. The fourth-order valence-electron chi connectivity index (χ4n) is 3.54. The molecule has 1 aromatic carbocycles. The van der Waals surface area contributed by atoms with Gasteiger partial charge in [0, 0.05) is 31.1 Å². The predicted molar refractivity (Wildman–Crippen MR) is 115 cm³/mol. The quantitative estimate of drug-likeness (QED) is 0.749. The molecule has 1 saturated heterocycles. The molecular formula is C20H34ClN3O3S. The number of hydrogen-bond acceptors (Lipinski definition) is 4. The number of nitrogens with one attached hydrogen (secondary N) is 1. The fraction of sp³-hybridized carbons (Fsp3) is 0.650. The zero-order valence-corrected chi connectivity index (χ0v) is 19.4. The van der Waals surface area contributed by atoms with E-state index >= 15 is 0 Å². The van der Waals surface area contributed by atoms with Gasteiger partial charge in [0.1, 0.15) is 0 Å². The molecule has 0 aliphatic carbocycles. The maximum absolute atomic E-state index is 13.3. The van der Waals surface area contributed by atoms with Crippen LogP contribution in [0.4, 0.5) is 0 Å². The highest BCUT2D eigenvalue weighted by molar-refractivity contribution is 7.89. The van der Waals surface area contributed by atoms with E-state index in [0.29, 0.717) is 37.4 Å². The third kappa shape index (κ3) is 5.06. The lowest BCUT2D eigenvalue weighted by Crippen LogP contribution is -2.52. The van der Waals surface area contributed by atoms with Crippen molar-refractivity contribution in [2.24, 2.45) is 11.7 Å². The van der Waals surface area contributed by atoms with E-state index in [1.54, 1.807) is 0 Å². The number of nitrogens with two attached hydrogens (primary N) is 1. The summed E-state index contributed by atoms with van der Waals surface area (Å²) in [4.78, 5) is 12.9. The highest BCUT2D eigenvalue weighted by atomic mass is 35.5. The molecule has 0 atom stereocenters. The predicted octanol–water partition coefficient (Wildman–Crippen LogP) is 2.60. The summed E-state index contributed by atoms with van der Waals surface area (Å²) >= 11 is 0. The van der Waals surface area contributed by atoms with Gasteiger partial charge < -0.3 is 11.1 Å². The number of piperidine rings is 1. The Labute approximate surface area is 175 Å². The van der Waals surface area contributed by atoms with Crippen molar-refractivity contribution < 1.29 is 13.2 Å². The summed E-state index contributed by atoms with van der Waals surface area (Å²) < 4.78 is 28.1. The number of halogens is 1. The molecule has 8 heteroatoms. The van der Waals surface area contributed by atoms with Gasteiger partial charge in [-0.3, -0.25) is 4.79 Å². The van der Waals surface area contributed by atoms with E-state index in [1.165, 1.54) is 4.31 Å². The van der Waals surface area contributed by atoms with Crippen LogP contribution in [-0.4, -0.2) is 43.8 Å². The SMILES string of the molecule is Cc1cc(C)c(C)c(S(=O)(=O)N2CCC(C(=O)NC(C)(C)CN)CC2)c1C.Cl. The summed E-state index contributed by atoms with van der Waals surface area (Å²) in [6, 6.07) is 2.03. The summed E-state index contributed by atoms with van der Waals surface area (Å²) in [5.41, 5.74) is 8.81. The molecule has 0 radical (unpaired) electrons. The first-order valence-corrected chi connectivity index (χ1v) is 10.9. The Bertz CT molecular complexity index is 803. The van der Waals surface area contributed by atoms with Crippen LogP contribution >= 0.6 is 12.4 Å². The largest absolute Gasteiger partial charge is 0.350 e. The minimum absolute atomic E-state index is 0. The molecule has 1 aliphatic rings. The number of rotatable bonds is 5. The van der Waals surface area contributed by atoms with E-state index in [1.807, 2.05) is 47.6 Å². The van der Waals surface area contributed by atoms with Gasteiger partial charge in [-0.05, 0) is 76.6 Å². The van der Waals surface area contributed by atoms with Crippen LogP contribution in [0.15, 0.2) is 11.0 Å². The van der Waals surface area contributed by atoms with Gasteiger partial charge in [-0.15, -0.1) is 12.4 Å². The Balaban J connectivity index is 0.00000392. The van der Waals surface area contributed by atoms with Crippen LogP contribution in [-0.2, 0) is 14.8 Å². The van der Waals surface area contributed by atoms with Gasteiger partial charge in [-0.2, -0.15) is 4.31 Å². The first-order valence-electron chi connectivity index (χ1n) is 9.50. The molecular weight excluding hydrogens is 398 g/mol. The monoisotopic (exact) mass is 431 g/mol. The molecule has 1 fully saturated rings. The zero-order chi connectivity index (χ0) is 20.6. The highest BCUT2D eigenvalue weighted by Gasteiger charge is 2.35. The Morgan fingerprint density at radius 3 is 2.04 bits per heavy atom. The van der Waals surface area contributed by atoms with Gasteiger partial charge in [0.05, 0.1) is 4.90 Å². The van der Waals surface area contributed by atoms with Crippen molar-refractivity contribution >= 4 is 28.3 Å². The van der Waals surface area contributed by atoms with Crippen LogP contribution < -0.4 is 11.1 Å². The number of carbonyl (C=O) groups excluding carboxylic acids is 1. The molecule has 0 aromatic heterocycles. The van der Waals surface area contributed by atoms with E-state index in [9.17, 15) is 13.2 Å². The van der Waals surface area contributed by atoms with Crippen molar-refractivity contribution in [2.75, 3.05) is 19.6 Å². The van der Waals surface area contributed by atoms with Crippen molar-refractivity contribution in [1.29, 1.82) is 0 Å². The number of hydrogen-bond donors (Lipinski definition) is 2. The van der Waals surface area contributed by atoms with Gasteiger partial charge in [-0.1, -0.05) is 6.07 Å². The van der Waals surface area contributed by atoms with Gasteiger partial charge in [0.15, 0.2) is 0 Å². The molecule has 6 nitrogen and oxygen atoms in total. The second-order valence-electron chi connectivity index (χ2n) is 8.35. The van der Waals surface area contributed by atoms with Crippen LogP contribution in [0.1, 0.15) is 48.9 Å². The van der Waals surface area contributed by atoms with Gasteiger partial charge >= 0.3 is 0 Å². The number of aryl methyl sites for hydroxylation is 2. The molecule has 3 N–H and O–H groups in total. The third-order valence-corrected chi connectivity index (χ3v) is 7.86. The highest BCUT2D eigenvalue weighted by Crippen LogP contribution is 2.31. The Morgan fingerprint density at radius 2 is 1.61 bits per heavy atom. The summed E-state index contributed by atoms with van der Waals surface area (Å²) in [6.07, 6.45) is 1.04. The smallest absolute Gasteiger partial charge is 0.243 e. The second-order valence-corrected chi connectivity index (χ2v) is 10.2. The Morgan fingerprint density at radius 1 is 1.14 bits per heavy atom. The normalized spacial score (nSPS) is 16.5. The number of amides is 1. The summed E-state index contributed by atoms with van der Waals surface area (Å²) in [5, 5.41) is 2.96. The van der Waals surface area contributed by atoms with Crippen LogP contribution in [0.25, 0.3) is 0 Å². The summed E-state index contributed by atoms with van der Waals surface area (Å²) in [7, 11) is -3.58. The lowest BCUT2D eigenvalue weighted by atomic mass is 9.95. The fourth-order valence-corrected chi connectivity index (χ4v) is 5.59. The van der Waals surface area contributed by atoms with Gasteiger partial charge in [0.25, 0.3) is 0 Å². The number of carbonyl (C=O) groups is 1. The van der Waals surface area contributed by atoms with Crippen molar-refractivity contribution in [3.8, 4) is 0 Å². The first kappa shape index (κ1) is 24.9. The third-order valence-electron chi connectivity index (χ3n) is 5.69. The lowest BCUT2D eigenvalue weighted by Gasteiger charge is -2.33. The molecule has 0 unspecified atom stereocenters. The topological polar surface area (TPSA) is 92.5 Å². The molecule has 160 valence electrons. The van der Waals surface area contributed by atoms with Crippen molar-refractivity contribution in [3.05, 3.63) is 28.3 Å². The van der Waals surface area contributed by atoms with E-state index in [0.717, 1.165) is 22.3 Å². The molecule has 28 heavy (non-hydrogen) atoms. The summed E-state index contributed by atoms with van der Waals surface area (Å²) in [5.74, 6) is -0.218. The minimum Gasteiger partial charge on any atom is -0.350 e. The molecule has 0 spiro atoms. The molecule has 1 amide bonds. The molecule has 2 rings (SSSR count). The second kappa shape index (κ2) is 9.11. The molecule has 1 aromatic rings. The van der Waals surface area contributed by atoms with Crippen LogP contribution in [0.5, 0.6) is 0 Å². The first-order chi connectivity index (χ1) is 12.4. The van der Waals surface area contributed by atoms with Crippen LogP contribution in [0, 0.1) is 33.6 Å². The maximum Gasteiger partial charge on any atom is 0.243 e. The average molecular weight is 432 g/mol.